The van der Waals surface area contributed by atoms with Gasteiger partial charge in [0, 0.05) is 14.7 Å². The van der Waals surface area contributed by atoms with E-state index in [0.29, 0.717) is 6.54 Å². The lowest BCUT2D eigenvalue weighted by atomic mass is 10.4. The van der Waals surface area contributed by atoms with Crippen molar-refractivity contribution >= 4 is 54.5 Å². The zero-order valence-corrected chi connectivity index (χ0v) is 14.2. The molecule has 9 heteroatoms. The minimum Gasteiger partial charge on any atom is -0.350 e. The van der Waals surface area contributed by atoms with Crippen LogP contribution in [0.1, 0.15) is 4.88 Å². The van der Waals surface area contributed by atoms with Crippen molar-refractivity contribution in [2.75, 3.05) is 6.54 Å². The van der Waals surface area contributed by atoms with Crippen LogP contribution in [0.25, 0.3) is 0 Å². The molecule has 5 nitrogen and oxygen atoms in total. The number of carbonyl (C=O) groups excluding carboxylic acids is 1. The predicted octanol–water partition coefficient (Wildman–Crippen LogP) is 2.17. The molecule has 0 bridgehead atoms. The van der Waals surface area contributed by atoms with Gasteiger partial charge in [-0.1, -0.05) is 6.07 Å². The lowest BCUT2D eigenvalue weighted by Crippen LogP contribution is -2.36. The standard InChI is InChI=1S/C11H11BrN2O3S3/c12-8-4-9(19-7-8)5-13-10(15)6-14-20(16,17)11-2-1-3-18-11/h1-4,7,14H,5-6H2,(H,13,15). The molecule has 0 aromatic carbocycles. The molecule has 0 atom stereocenters. The fourth-order valence-corrected chi connectivity index (χ4v) is 4.75. The van der Waals surface area contributed by atoms with E-state index in [2.05, 4.69) is 26.0 Å². The lowest BCUT2D eigenvalue weighted by molar-refractivity contribution is -0.120. The van der Waals surface area contributed by atoms with Crippen LogP contribution in [-0.4, -0.2) is 20.9 Å². The van der Waals surface area contributed by atoms with Gasteiger partial charge in [-0.05, 0) is 33.4 Å². The second-order valence-electron chi connectivity index (χ2n) is 3.76. The fraction of sp³-hybridized carbons (Fsp3) is 0.182. The molecule has 2 N–H and O–H groups in total. The van der Waals surface area contributed by atoms with Crippen molar-refractivity contribution in [1.82, 2.24) is 10.0 Å². The molecule has 0 aliphatic rings. The van der Waals surface area contributed by atoms with E-state index in [1.54, 1.807) is 11.4 Å². The minimum atomic E-state index is -3.59. The maximum absolute atomic E-state index is 11.8. The monoisotopic (exact) mass is 394 g/mol. The Kier molecular flexibility index (Phi) is 5.33. The van der Waals surface area contributed by atoms with Crippen molar-refractivity contribution in [1.29, 1.82) is 0 Å². The van der Waals surface area contributed by atoms with Crippen molar-refractivity contribution in [3.8, 4) is 0 Å². The van der Waals surface area contributed by atoms with Gasteiger partial charge in [-0.2, -0.15) is 0 Å². The molecule has 1 amide bonds. The first-order valence-corrected chi connectivity index (χ1v) is 9.54. The molecule has 2 rings (SSSR count). The number of rotatable bonds is 6. The summed E-state index contributed by atoms with van der Waals surface area (Å²) in [4.78, 5) is 12.6. The molecule has 0 spiro atoms. The van der Waals surface area contributed by atoms with Gasteiger partial charge in [0.25, 0.3) is 10.0 Å². The predicted molar refractivity (Wildman–Crippen MR) is 83.4 cm³/mol. The Morgan fingerprint density at radius 2 is 2.15 bits per heavy atom. The second kappa shape index (κ2) is 6.81. The maximum Gasteiger partial charge on any atom is 0.250 e. The smallest absolute Gasteiger partial charge is 0.250 e. The van der Waals surface area contributed by atoms with E-state index in [4.69, 9.17) is 0 Å². The summed E-state index contributed by atoms with van der Waals surface area (Å²) < 4.78 is 27.0. The number of hydrogen-bond donors (Lipinski definition) is 2. The van der Waals surface area contributed by atoms with E-state index >= 15 is 0 Å². The van der Waals surface area contributed by atoms with E-state index in [1.165, 1.54) is 17.4 Å². The lowest BCUT2D eigenvalue weighted by Gasteiger charge is -2.05. The van der Waals surface area contributed by atoms with E-state index in [0.717, 1.165) is 20.7 Å². The van der Waals surface area contributed by atoms with Gasteiger partial charge < -0.3 is 5.32 Å². The molecule has 20 heavy (non-hydrogen) atoms. The van der Waals surface area contributed by atoms with Crippen molar-refractivity contribution in [2.45, 2.75) is 10.8 Å². The van der Waals surface area contributed by atoms with Crippen LogP contribution in [0.4, 0.5) is 0 Å². The largest absolute Gasteiger partial charge is 0.350 e. The first kappa shape index (κ1) is 15.6. The van der Waals surface area contributed by atoms with Crippen LogP contribution in [0.5, 0.6) is 0 Å². The van der Waals surface area contributed by atoms with Crippen molar-refractivity contribution in [2.24, 2.45) is 0 Å². The van der Waals surface area contributed by atoms with Crippen LogP contribution >= 0.6 is 38.6 Å². The molecule has 0 aliphatic heterocycles. The highest BCUT2D eigenvalue weighted by Gasteiger charge is 2.16. The number of halogens is 1. The van der Waals surface area contributed by atoms with Gasteiger partial charge in [-0.3, -0.25) is 4.79 Å². The zero-order valence-electron chi connectivity index (χ0n) is 10.1. The van der Waals surface area contributed by atoms with Crippen LogP contribution in [-0.2, 0) is 21.4 Å². The van der Waals surface area contributed by atoms with Crippen LogP contribution in [0.2, 0.25) is 0 Å². The number of thiophene rings is 2. The summed E-state index contributed by atoms with van der Waals surface area (Å²) in [6.45, 7) is 0.114. The molecule has 0 radical (unpaired) electrons. The van der Waals surface area contributed by atoms with Crippen LogP contribution in [0.3, 0.4) is 0 Å². The highest BCUT2D eigenvalue weighted by molar-refractivity contribution is 9.10. The Hall–Kier alpha value is -0.740. The van der Waals surface area contributed by atoms with Gasteiger partial charge in [-0.15, -0.1) is 22.7 Å². The summed E-state index contributed by atoms with van der Waals surface area (Å²) in [5.74, 6) is -0.366. The third kappa shape index (κ3) is 4.38. The van der Waals surface area contributed by atoms with E-state index in [9.17, 15) is 13.2 Å². The zero-order chi connectivity index (χ0) is 14.6. The summed E-state index contributed by atoms with van der Waals surface area (Å²) in [5, 5.41) is 6.24. The second-order valence-corrected chi connectivity index (χ2v) is 8.62. The number of carbonyl (C=O) groups is 1. The normalized spacial score (nSPS) is 11.4. The Bertz CT molecular complexity index is 680. The Balaban J connectivity index is 1.81. The summed E-state index contributed by atoms with van der Waals surface area (Å²) in [5.41, 5.74) is 0. The number of nitrogens with one attached hydrogen (secondary N) is 2. The number of hydrogen-bond acceptors (Lipinski definition) is 5. The molecular formula is C11H11BrN2O3S3. The van der Waals surface area contributed by atoms with Crippen molar-refractivity contribution in [3.63, 3.8) is 0 Å². The van der Waals surface area contributed by atoms with Gasteiger partial charge in [0.15, 0.2) is 0 Å². The van der Waals surface area contributed by atoms with Crippen LogP contribution < -0.4 is 10.0 Å². The average Bonchev–Trinajstić information content (AvgIpc) is 3.05. The van der Waals surface area contributed by atoms with Gasteiger partial charge >= 0.3 is 0 Å². The van der Waals surface area contributed by atoms with Crippen LogP contribution in [0, 0.1) is 0 Å². The van der Waals surface area contributed by atoms with E-state index in [1.807, 2.05) is 11.4 Å². The number of amides is 1. The average molecular weight is 395 g/mol. The van der Waals surface area contributed by atoms with Gasteiger partial charge in [0.05, 0.1) is 13.1 Å². The molecule has 0 aliphatic carbocycles. The van der Waals surface area contributed by atoms with Gasteiger partial charge in [0.2, 0.25) is 5.91 Å². The third-order valence-electron chi connectivity index (χ3n) is 2.26. The molecular weight excluding hydrogens is 384 g/mol. The third-order valence-corrected chi connectivity index (χ3v) is 6.76. The summed E-state index contributed by atoms with van der Waals surface area (Å²) in [6.07, 6.45) is 0. The van der Waals surface area contributed by atoms with E-state index < -0.39 is 10.0 Å². The van der Waals surface area contributed by atoms with Crippen LogP contribution in [0.15, 0.2) is 37.6 Å². The first-order valence-electron chi connectivity index (χ1n) is 5.50. The van der Waals surface area contributed by atoms with E-state index in [-0.39, 0.29) is 16.7 Å². The van der Waals surface area contributed by atoms with Gasteiger partial charge in [0.1, 0.15) is 4.21 Å². The maximum atomic E-state index is 11.8. The van der Waals surface area contributed by atoms with Crippen molar-refractivity contribution in [3.05, 3.63) is 38.3 Å². The highest BCUT2D eigenvalue weighted by atomic mass is 79.9. The van der Waals surface area contributed by atoms with Gasteiger partial charge in [-0.25, -0.2) is 13.1 Å². The molecule has 0 fully saturated rings. The minimum absolute atomic E-state index is 0.201. The SMILES string of the molecule is O=C(CNS(=O)(=O)c1cccs1)NCc1cc(Br)cs1. The molecule has 2 aromatic rings. The topological polar surface area (TPSA) is 75.3 Å². The quantitative estimate of drug-likeness (QED) is 0.787. The fourth-order valence-electron chi connectivity index (χ4n) is 1.34. The molecule has 2 aromatic heterocycles. The molecule has 0 saturated carbocycles. The van der Waals surface area contributed by atoms with Crippen molar-refractivity contribution < 1.29 is 13.2 Å². The Morgan fingerprint density at radius 1 is 1.35 bits per heavy atom. The molecule has 2 heterocycles. The molecule has 0 unspecified atom stereocenters. The molecule has 0 saturated heterocycles. The Labute approximate surface area is 133 Å². The number of sulfonamides is 1. The first-order chi connectivity index (χ1) is 9.47. The summed E-state index contributed by atoms with van der Waals surface area (Å²) in [6, 6.07) is 5.04. The summed E-state index contributed by atoms with van der Waals surface area (Å²) in [7, 11) is -3.59. The summed E-state index contributed by atoms with van der Waals surface area (Å²) >= 11 is 5.95. The Morgan fingerprint density at radius 3 is 2.75 bits per heavy atom. The highest BCUT2D eigenvalue weighted by Crippen LogP contribution is 2.19. The molecule has 108 valence electrons.